The minimum Gasteiger partial charge on any atom is -0.354 e. The number of anilines is 1. The van der Waals surface area contributed by atoms with E-state index in [1.807, 2.05) is 30.0 Å². The molecular weight excluding hydrogens is 384 g/mol. The largest absolute Gasteiger partial charge is 0.354 e. The highest BCUT2D eigenvalue weighted by Gasteiger charge is 2.50. The topological polar surface area (TPSA) is 89.1 Å². The highest BCUT2D eigenvalue weighted by Crippen LogP contribution is 2.34. The van der Waals surface area contributed by atoms with Crippen molar-refractivity contribution in [2.45, 2.75) is 32.0 Å². The maximum atomic E-state index is 13.2. The molecule has 2 fully saturated rings. The summed E-state index contributed by atoms with van der Waals surface area (Å²) in [4.78, 5) is 49.4. The molecule has 3 aliphatic heterocycles. The molecule has 2 saturated heterocycles. The van der Waals surface area contributed by atoms with Crippen LogP contribution in [0.1, 0.15) is 19.8 Å². The Morgan fingerprint density at radius 2 is 2.07 bits per heavy atom. The first kappa shape index (κ1) is 20.2. The van der Waals surface area contributed by atoms with Gasteiger partial charge in [0.25, 0.3) is 5.91 Å². The monoisotopic (exact) mass is 412 g/mol. The van der Waals surface area contributed by atoms with Crippen LogP contribution in [0.4, 0.5) is 10.6 Å². The number of urea groups is 1. The van der Waals surface area contributed by atoms with Crippen LogP contribution < -0.4 is 10.2 Å². The van der Waals surface area contributed by atoms with E-state index >= 15 is 0 Å². The lowest BCUT2D eigenvalue weighted by Gasteiger charge is -2.43. The third kappa shape index (κ3) is 3.38. The molecular formula is C21H28N6O3. The van der Waals surface area contributed by atoms with Crippen molar-refractivity contribution < 1.29 is 14.4 Å². The van der Waals surface area contributed by atoms with Crippen molar-refractivity contribution in [2.75, 3.05) is 38.6 Å². The number of nitrogens with zero attached hydrogens (tertiary/aromatic N) is 5. The Morgan fingerprint density at radius 1 is 1.27 bits per heavy atom. The van der Waals surface area contributed by atoms with E-state index in [4.69, 9.17) is 0 Å². The van der Waals surface area contributed by atoms with Crippen LogP contribution in [0, 0.1) is 5.92 Å². The average molecular weight is 412 g/mol. The van der Waals surface area contributed by atoms with Gasteiger partial charge in [0.15, 0.2) is 0 Å². The first-order valence-electron chi connectivity index (χ1n) is 10.4. The summed E-state index contributed by atoms with van der Waals surface area (Å²) in [7, 11) is 3.17. The molecule has 1 aromatic rings. The van der Waals surface area contributed by atoms with Gasteiger partial charge in [-0.25, -0.2) is 9.78 Å². The third-order valence-electron chi connectivity index (χ3n) is 6.08. The number of hydrogen-bond donors (Lipinski definition) is 1. The van der Waals surface area contributed by atoms with Gasteiger partial charge in [-0.1, -0.05) is 13.0 Å². The maximum Gasteiger partial charge on any atom is 0.327 e. The van der Waals surface area contributed by atoms with Crippen LogP contribution in [0.15, 0.2) is 36.2 Å². The summed E-state index contributed by atoms with van der Waals surface area (Å²) in [5.74, 6) is -0.0865. The molecule has 3 aliphatic rings. The van der Waals surface area contributed by atoms with Crippen molar-refractivity contribution in [1.82, 2.24) is 25.0 Å². The minimum atomic E-state index is -0.529. The number of nitrogens with one attached hydrogen (secondary N) is 1. The number of carbonyl (C=O) groups excluding carboxylic acids is 3. The lowest BCUT2D eigenvalue weighted by molar-refractivity contribution is -0.137. The summed E-state index contributed by atoms with van der Waals surface area (Å²) in [6.45, 7) is 4.13. The molecule has 4 rings (SSSR count). The second-order valence-corrected chi connectivity index (χ2v) is 8.07. The molecule has 9 nitrogen and oxygen atoms in total. The molecule has 9 heteroatoms. The van der Waals surface area contributed by atoms with E-state index in [1.54, 1.807) is 24.2 Å². The number of pyridine rings is 1. The van der Waals surface area contributed by atoms with E-state index in [0.717, 1.165) is 30.1 Å². The SMILES string of the molecule is CCCN1C(C(=O)NC2CCN(c3ccccn3)C2)=CC2C(=O)N(C)C(=O)N(C)C21. The molecule has 0 spiro atoms. The Kier molecular flexibility index (Phi) is 5.36. The standard InChI is InChI=1S/C21H28N6O3/c1-4-10-27-16(12-15-19(27)24(2)21(30)25(3)20(15)29)18(28)23-14-8-11-26(13-14)17-7-5-6-9-22-17/h5-7,9,12,14-15,19H,4,8,10-11,13H2,1-3H3,(H,23,28). The molecule has 160 valence electrons. The van der Waals surface area contributed by atoms with E-state index < -0.39 is 12.1 Å². The van der Waals surface area contributed by atoms with Crippen molar-refractivity contribution in [1.29, 1.82) is 0 Å². The number of fused-ring (bicyclic) bond motifs is 1. The lowest BCUT2D eigenvalue weighted by atomic mass is 10.0. The molecule has 1 N–H and O–H groups in total. The van der Waals surface area contributed by atoms with Gasteiger partial charge in [-0.3, -0.25) is 14.5 Å². The van der Waals surface area contributed by atoms with Gasteiger partial charge in [0, 0.05) is 46.0 Å². The zero-order valence-corrected chi connectivity index (χ0v) is 17.6. The zero-order chi connectivity index (χ0) is 21.4. The van der Waals surface area contributed by atoms with E-state index in [9.17, 15) is 14.4 Å². The molecule has 0 saturated carbocycles. The Bertz CT molecular complexity index is 873. The molecule has 0 aromatic carbocycles. The number of aromatic nitrogens is 1. The van der Waals surface area contributed by atoms with Gasteiger partial charge in [-0.2, -0.15) is 0 Å². The van der Waals surface area contributed by atoms with Crippen molar-refractivity contribution in [3.63, 3.8) is 0 Å². The second kappa shape index (κ2) is 7.97. The number of carbonyl (C=O) groups is 3. The van der Waals surface area contributed by atoms with E-state index in [0.29, 0.717) is 18.8 Å². The van der Waals surface area contributed by atoms with Crippen LogP contribution in [0.2, 0.25) is 0 Å². The van der Waals surface area contributed by atoms with Gasteiger partial charge >= 0.3 is 6.03 Å². The number of rotatable bonds is 5. The molecule has 4 heterocycles. The first-order chi connectivity index (χ1) is 14.4. The molecule has 1 aromatic heterocycles. The van der Waals surface area contributed by atoms with Crippen molar-refractivity contribution in [2.24, 2.45) is 5.92 Å². The van der Waals surface area contributed by atoms with Gasteiger partial charge in [0.2, 0.25) is 5.91 Å². The fourth-order valence-corrected chi connectivity index (χ4v) is 4.59. The second-order valence-electron chi connectivity index (χ2n) is 8.07. The number of hydrogen-bond acceptors (Lipinski definition) is 6. The highest BCUT2D eigenvalue weighted by atomic mass is 16.2. The highest BCUT2D eigenvalue weighted by molar-refractivity contribution is 6.02. The van der Waals surface area contributed by atoms with Gasteiger partial charge in [-0.15, -0.1) is 0 Å². The van der Waals surface area contributed by atoms with E-state index in [1.165, 1.54) is 7.05 Å². The van der Waals surface area contributed by atoms with Gasteiger partial charge in [0.1, 0.15) is 17.7 Å². The summed E-state index contributed by atoms with van der Waals surface area (Å²) in [5, 5.41) is 3.12. The summed E-state index contributed by atoms with van der Waals surface area (Å²) >= 11 is 0. The van der Waals surface area contributed by atoms with Crippen LogP contribution in [0.3, 0.4) is 0 Å². The normalized spacial score (nSPS) is 26.2. The Balaban J connectivity index is 1.49. The summed E-state index contributed by atoms with van der Waals surface area (Å²) < 4.78 is 0. The third-order valence-corrected chi connectivity index (χ3v) is 6.08. The Labute approximate surface area is 176 Å². The maximum absolute atomic E-state index is 13.2. The van der Waals surface area contributed by atoms with Crippen LogP contribution in [-0.4, -0.2) is 83.5 Å². The lowest BCUT2D eigenvalue weighted by Crippen LogP contribution is -2.62. The average Bonchev–Trinajstić information content (AvgIpc) is 3.37. The Morgan fingerprint density at radius 3 is 2.77 bits per heavy atom. The minimum absolute atomic E-state index is 0.00393. The predicted octanol–water partition coefficient (Wildman–Crippen LogP) is 0.852. The smallest absolute Gasteiger partial charge is 0.327 e. The summed E-state index contributed by atoms with van der Waals surface area (Å²) in [6.07, 6.45) is 4.67. The number of amides is 4. The molecule has 0 bridgehead atoms. The van der Waals surface area contributed by atoms with Crippen LogP contribution in [0.25, 0.3) is 0 Å². The molecule has 3 unspecified atom stereocenters. The fourth-order valence-electron chi connectivity index (χ4n) is 4.59. The fraction of sp³-hybridized carbons (Fsp3) is 0.524. The predicted molar refractivity (Wildman–Crippen MR) is 111 cm³/mol. The van der Waals surface area contributed by atoms with Crippen LogP contribution >= 0.6 is 0 Å². The van der Waals surface area contributed by atoms with Gasteiger partial charge in [0.05, 0.1) is 5.92 Å². The molecule has 0 radical (unpaired) electrons. The quantitative estimate of drug-likeness (QED) is 0.771. The van der Waals surface area contributed by atoms with Gasteiger partial charge in [-0.05, 0) is 31.1 Å². The van der Waals surface area contributed by atoms with E-state index in [-0.39, 0.29) is 23.9 Å². The van der Waals surface area contributed by atoms with Crippen molar-refractivity contribution >= 4 is 23.7 Å². The van der Waals surface area contributed by atoms with E-state index in [2.05, 4.69) is 15.2 Å². The van der Waals surface area contributed by atoms with Gasteiger partial charge < -0.3 is 20.0 Å². The zero-order valence-electron chi connectivity index (χ0n) is 17.6. The molecule has 30 heavy (non-hydrogen) atoms. The number of imide groups is 1. The Hall–Kier alpha value is -3.10. The molecule has 0 aliphatic carbocycles. The molecule has 3 atom stereocenters. The van der Waals surface area contributed by atoms with Crippen LogP contribution in [-0.2, 0) is 9.59 Å². The first-order valence-corrected chi connectivity index (χ1v) is 10.4. The van der Waals surface area contributed by atoms with Crippen molar-refractivity contribution in [3.05, 3.63) is 36.2 Å². The summed E-state index contributed by atoms with van der Waals surface area (Å²) in [5.41, 5.74) is 0.478. The van der Waals surface area contributed by atoms with Crippen LogP contribution in [0.5, 0.6) is 0 Å². The summed E-state index contributed by atoms with van der Waals surface area (Å²) in [6, 6.07) is 5.46. The van der Waals surface area contributed by atoms with Crippen molar-refractivity contribution in [3.8, 4) is 0 Å². The molecule has 4 amide bonds.